The molecule has 4 nitrogen and oxygen atoms in total. The van der Waals surface area contributed by atoms with E-state index in [2.05, 4.69) is 4.85 Å². The molecule has 2 rings (SSSR count). The third-order valence-electron chi connectivity index (χ3n) is 3.20. The van der Waals surface area contributed by atoms with E-state index in [1.54, 1.807) is 0 Å². The smallest absolute Gasteiger partial charge is 0.303 e. The van der Waals surface area contributed by atoms with Crippen molar-refractivity contribution in [2.24, 2.45) is 0 Å². The van der Waals surface area contributed by atoms with Gasteiger partial charge in [-0.25, -0.2) is 18.0 Å². The van der Waals surface area contributed by atoms with Crippen LogP contribution in [-0.2, 0) is 11.2 Å². The van der Waals surface area contributed by atoms with Gasteiger partial charge in [-0.05, 0) is 30.2 Å². The number of rotatable bonds is 6. The van der Waals surface area contributed by atoms with E-state index in [0.717, 1.165) is 12.1 Å². The molecule has 7 heteroatoms. The maximum absolute atomic E-state index is 13.4. The maximum Gasteiger partial charge on any atom is 0.303 e. The summed E-state index contributed by atoms with van der Waals surface area (Å²) < 4.78 is 45.5. The zero-order valence-corrected chi connectivity index (χ0v) is 12.3. The van der Waals surface area contributed by atoms with E-state index in [0.29, 0.717) is 0 Å². The SMILES string of the molecule is [C-]#[N+]c1cc(F)cc(Oc2cccc(CCC(=O)O)c2C(F)F)c1. The zero-order valence-electron chi connectivity index (χ0n) is 12.3. The molecule has 0 spiro atoms. The number of nitrogens with zero attached hydrogens (tertiary/aromatic N) is 1. The second-order valence-corrected chi connectivity index (χ2v) is 4.88. The summed E-state index contributed by atoms with van der Waals surface area (Å²) in [6.45, 7) is 6.88. The maximum atomic E-state index is 13.4. The van der Waals surface area contributed by atoms with E-state index in [1.807, 2.05) is 0 Å². The van der Waals surface area contributed by atoms with Gasteiger partial charge in [0.2, 0.25) is 0 Å². The molecule has 0 heterocycles. The van der Waals surface area contributed by atoms with Gasteiger partial charge in [0, 0.05) is 12.5 Å². The van der Waals surface area contributed by atoms with Crippen LogP contribution in [-0.4, -0.2) is 11.1 Å². The normalized spacial score (nSPS) is 10.5. The molecular formula is C17H12F3NO3. The molecule has 0 aliphatic rings. The van der Waals surface area contributed by atoms with Gasteiger partial charge in [-0.3, -0.25) is 4.79 Å². The van der Waals surface area contributed by atoms with E-state index >= 15 is 0 Å². The van der Waals surface area contributed by atoms with Crippen LogP contribution < -0.4 is 4.74 Å². The van der Waals surface area contributed by atoms with Crippen LogP contribution in [0, 0.1) is 12.4 Å². The molecule has 0 radical (unpaired) electrons. The average molecular weight is 335 g/mol. The average Bonchev–Trinajstić information content (AvgIpc) is 2.52. The standard InChI is InChI=1S/C17H12F3NO3/c1-21-12-7-11(18)8-13(9-12)24-14-4-2-3-10(5-6-15(22)23)16(14)17(19)20/h2-4,7-9,17H,5-6H2,(H,22,23). The van der Waals surface area contributed by atoms with Crippen LogP contribution in [0.25, 0.3) is 4.85 Å². The van der Waals surface area contributed by atoms with Gasteiger partial charge in [0.05, 0.1) is 12.1 Å². The highest BCUT2D eigenvalue weighted by Gasteiger charge is 2.20. The molecule has 0 bridgehead atoms. The summed E-state index contributed by atoms with van der Waals surface area (Å²) in [6, 6.07) is 7.34. The highest BCUT2D eigenvalue weighted by atomic mass is 19.3. The number of hydrogen-bond donors (Lipinski definition) is 1. The quantitative estimate of drug-likeness (QED) is 0.745. The van der Waals surface area contributed by atoms with Gasteiger partial charge >= 0.3 is 5.97 Å². The molecule has 0 fully saturated rings. The van der Waals surface area contributed by atoms with Gasteiger partial charge in [0.25, 0.3) is 6.43 Å². The summed E-state index contributed by atoms with van der Waals surface area (Å²) in [5.74, 6) is -2.11. The van der Waals surface area contributed by atoms with Crippen LogP contribution in [0.3, 0.4) is 0 Å². The fraction of sp³-hybridized carbons (Fsp3) is 0.176. The summed E-state index contributed by atoms with van der Waals surface area (Å²) in [7, 11) is 0. The third kappa shape index (κ3) is 4.26. The Hall–Kier alpha value is -3.01. The summed E-state index contributed by atoms with van der Waals surface area (Å²) in [6.07, 6.45) is -3.27. The number of carboxylic acid groups (broad SMARTS) is 1. The number of aliphatic carboxylic acids is 1. The monoisotopic (exact) mass is 335 g/mol. The molecule has 0 aliphatic carbocycles. The topological polar surface area (TPSA) is 50.9 Å². The van der Waals surface area contributed by atoms with Crippen molar-refractivity contribution in [1.29, 1.82) is 0 Å². The van der Waals surface area contributed by atoms with E-state index in [-0.39, 0.29) is 35.6 Å². The first-order valence-corrected chi connectivity index (χ1v) is 6.88. The van der Waals surface area contributed by atoms with Crippen molar-refractivity contribution in [3.05, 3.63) is 64.8 Å². The zero-order chi connectivity index (χ0) is 17.7. The minimum absolute atomic E-state index is 0.0226. The summed E-state index contributed by atoms with van der Waals surface area (Å²) >= 11 is 0. The molecule has 24 heavy (non-hydrogen) atoms. The first-order chi connectivity index (χ1) is 11.4. The molecule has 0 atom stereocenters. The lowest BCUT2D eigenvalue weighted by atomic mass is 10.0. The van der Waals surface area contributed by atoms with Crippen LogP contribution in [0.4, 0.5) is 18.9 Å². The first kappa shape index (κ1) is 17.3. The molecule has 124 valence electrons. The predicted molar refractivity (Wildman–Crippen MR) is 80.1 cm³/mol. The molecule has 0 saturated heterocycles. The Morgan fingerprint density at radius 2 is 2.04 bits per heavy atom. The van der Waals surface area contributed by atoms with E-state index < -0.39 is 23.8 Å². The molecule has 0 amide bonds. The molecule has 2 aromatic carbocycles. The van der Waals surface area contributed by atoms with Crippen LogP contribution in [0.15, 0.2) is 36.4 Å². The van der Waals surface area contributed by atoms with Crippen LogP contribution >= 0.6 is 0 Å². The number of aryl methyl sites for hydroxylation is 1. The van der Waals surface area contributed by atoms with Crippen LogP contribution in [0.1, 0.15) is 24.0 Å². The molecule has 0 saturated carbocycles. The minimum atomic E-state index is -2.89. The number of halogens is 3. The van der Waals surface area contributed by atoms with Gasteiger partial charge in [0.1, 0.15) is 17.3 Å². The van der Waals surface area contributed by atoms with Crippen molar-refractivity contribution in [2.75, 3.05) is 0 Å². The number of carboxylic acids is 1. The highest BCUT2D eigenvalue weighted by molar-refractivity contribution is 5.67. The Kier molecular flexibility index (Phi) is 5.42. The van der Waals surface area contributed by atoms with Crippen molar-refractivity contribution in [1.82, 2.24) is 0 Å². The van der Waals surface area contributed by atoms with Crippen molar-refractivity contribution >= 4 is 11.7 Å². The van der Waals surface area contributed by atoms with Crippen molar-refractivity contribution in [3.8, 4) is 11.5 Å². The van der Waals surface area contributed by atoms with Crippen LogP contribution in [0.2, 0.25) is 0 Å². The number of hydrogen-bond acceptors (Lipinski definition) is 2. The highest BCUT2D eigenvalue weighted by Crippen LogP contribution is 2.36. The summed E-state index contributed by atoms with van der Waals surface area (Å²) in [4.78, 5) is 13.7. The second kappa shape index (κ2) is 7.51. The number of carbonyl (C=O) groups is 1. The number of benzene rings is 2. The number of ether oxygens (including phenoxy) is 1. The minimum Gasteiger partial charge on any atom is -0.481 e. The third-order valence-corrected chi connectivity index (χ3v) is 3.20. The van der Waals surface area contributed by atoms with Crippen molar-refractivity contribution < 1.29 is 27.8 Å². The van der Waals surface area contributed by atoms with Gasteiger partial charge in [-0.2, -0.15) is 0 Å². The van der Waals surface area contributed by atoms with Gasteiger partial charge in [-0.15, -0.1) is 0 Å². The lowest BCUT2D eigenvalue weighted by Gasteiger charge is -2.15. The molecule has 1 N–H and O–H groups in total. The van der Waals surface area contributed by atoms with Crippen molar-refractivity contribution in [3.63, 3.8) is 0 Å². The Morgan fingerprint density at radius 3 is 2.67 bits per heavy atom. The van der Waals surface area contributed by atoms with E-state index in [9.17, 15) is 18.0 Å². The van der Waals surface area contributed by atoms with Gasteiger partial charge in [0.15, 0.2) is 5.69 Å². The Bertz CT molecular complexity index is 800. The summed E-state index contributed by atoms with van der Waals surface area (Å²) in [5.41, 5.74) is -0.315. The lowest BCUT2D eigenvalue weighted by molar-refractivity contribution is -0.136. The van der Waals surface area contributed by atoms with E-state index in [4.69, 9.17) is 16.4 Å². The Morgan fingerprint density at radius 1 is 1.29 bits per heavy atom. The van der Waals surface area contributed by atoms with Gasteiger partial charge < -0.3 is 9.84 Å². The molecule has 0 aliphatic heterocycles. The molecule has 0 unspecified atom stereocenters. The van der Waals surface area contributed by atoms with Gasteiger partial charge in [-0.1, -0.05) is 12.1 Å². The Labute approximate surface area is 135 Å². The van der Waals surface area contributed by atoms with Crippen LogP contribution in [0.5, 0.6) is 11.5 Å². The largest absolute Gasteiger partial charge is 0.481 e. The molecule has 0 aromatic heterocycles. The summed E-state index contributed by atoms with van der Waals surface area (Å²) in [5, 5.41) is 8.71. The lowest BCUT2D eigenvalue weighted by Crippen LogP contribution is -2.03. The second-order valence-electron chi connectivity index (χ2n) is 4.88. The van der Waals surface area contributed by atoms with E-state index in [1.165, 1.54) is 24.3 Å². The molecular weight excluding hydrogens is 323 g/mol. The Balaban J connectivity index is 2.39. The fourth-order valence-electron chi connectivity index (χ4n) is 2.18. The fourth-order valence-corrected chi connectivity index (χ4v) is 2.18. The number of alkyl halides is 2. The predicted octanol–water partition coefficient (Wildman–Crippen LogP) is 5.12. The molecule has 2 aromatic rings. The van der Waals surface area contributed by atoms with Crippen molar-refractivity contribution in [2.45, 2.75) is 19.3 Å². The first-order valence-electron chi connectivity index (χ1n) is 6.88.